The van der Waals surface area contributed by atoms with Crippen LogP contribution in [0, 0.1) is 0 Å². The topological polar surface area (TPSA) is 84.2 Å². The Kier molecular flexibility index (Phi) is 6.27. The number of ether oxygens (including phenoxy) is 4. The molecule has 0 unspecified atom stereocenters. The first-order valence-electron chi connectivity index (χ1n) is 10.0. The molecule has 0 radical (unpaired) electrons. The molecule has 9 heteroatoms. The lowest BCUT2D eigenvalue weighted by Gasteiger charge is -2.12. The average Bonchev–Trinajstić information content (AvgIpc) is 3.36. The molecule has 2 aromatic carbocycles. The van der Waals surface area contributed by atoms with E-state index in [2.05, 4.69) is 17.0 Å². The van der Waals surface area contributed by atoms with Crippen LogP contribution in [0.25, 0.3) is 22.4 Å². The Morgan fingerprint density at radius 3 is 2.28 bits per heavy atom. The zero-order valence-corrected chi connectivity index (χ0v) is 19.1. The molecule has 0 saturated heterocycles. The van der Waals surface area contributed by atoms with Crippen molar-refractivity contribution in [1.29, 1.82) is 0 Å². The average molecular weight is 454 g/mol. The van der Waals surface area contributed by atoms with Crippen LogP contribution in [0.1, 0.15) is 18.9 Å². The van der Waals surface area contributed by atoms with Gasteiger partial charge in [0, 0.05) is 5.56 Å². The van der Waals surface area contributed by atoms with Gasteiger partial charge in [-0.15, -0.1) is 5.10 Å². The molecule has 4 rings (SSSR count). The van der Waals surface area contributed by atoms with E-state index >= 15 is 0 Å². The fourth-order valence-electron chi connectivity index (χ4n) is 3.20. The Hall–Kier alpha value is -3.59. The summed E-state index contributed by atoms with van der Waals surface area (Å²) in [5.74, 6) is 2.67. The van der Waals surface area contributed by atoms with Crippen molar-refractivity contribution in [2.75, 3.05) is 27.9 Å². The van der Waals surface area contributed by atoms with E-state index in [4.69, 9.17) is 18.9 Å². The first-order chi connectivity index (χ1) is 15.6. The van der Waals surface area contributed by atoms with Gasteiger partial charge >= 0.3 is 0 Å². The molecule has 2 aromatic heterocycles. The first kappa shape index (κ1) is 21.6. The van der Waals surface area contributed by atoms with Crippen LogP contribution in [0.15, 0.2) is 41.2 Å². The van der Waals surface area contributed by atoms with Crippen molar-refractivity contribution in [2.45, 2.75) is 13.3 Å². The second-order valence-electron chi connectivity index (χ2n) is 6.88. The molecule has 8 nitrogen and oxygen atoms in total. The van der Waals surface area contributed by atoms with E-state index < -0.39 is 0 Å². The highest BCUT2D eigenvalue weighted by atomic mass is 32.1. The Labute approximate surface area is 188 Å². The molecule has 0 aliphatic rings. The predicted octanol–water partition coefficient (Wildman–Crippen LogP) is 3.18. The van der Waals surface area contributed by atoms with E-state index in [1.54, 1.807) is 33.5 Å². The van der Waals surface area contributed by atoms with Gasteiger partial charge in [0.05, 0.1) is 32.5 Å². The van der Waals surface area contributed by atoms with Gasteiger partial charge in [-0.3, -0.25) is 4.79 Å². The molecule has 0 aliphatic heterocycles. The number of hydrogen-bond donors (Lipinski definition) is 0. The summed E-state index contributed by atoms with van der Waals surface area (Å²) >= 11 is 1.28. The van der Waals surface area contributed by atoms with Crippen molar-refractivity contribution >= 4 is 22.4 Å². The molecule has 0 aliphatic carbocycles. The molecule has 0 atom stereocenters. The van der Waals surface area contributed by atoms with Gasteiger partial charge in [0.15, 0.2) is 17.3 Å². The molecule has 0 saturated carbocycles. The molecule has 0 N–H and O–H groups in total. The molecule has 166 valence electrons. The summed E-state index contributed by atoms with van der Waals surface area (Å²) in [5, 5.41) is 4.41. The second kappa shape index (κ2) is 9.27. The standard InChI is InChI=1S/C23H23N3O5S/c1-5-10-31-16-8-6-14(7-9-16)11-19-22(27)26-23(32-19)24-21(25-26)15-12-17(28-2)20(30-4)18(13-15)29-3/h6-9,11-13H,5,10H2,1-4H3/b19-11-. The lowest BCUT2D eigenvalue weighted by Crippen LogP contribution is -2.23. The number of hydrogen-bond acceptors (Lipinski definition) is 8. The molecule has 0 fully saturated rings. The predicted molar refractivity (Wildman–Crippen MR) is 123 cm³/mol. The maximum atomic E-state index is 12.9. The minimum absolute atomic E-state index is 0.220. The first-order valence-corrected chi connectivity index (χ1v) is 10.8. The van der Waals surface area contributed by atoms with Crippen LogP contribution in [-0.2, 0) is 0 Å². The van der Waals surface area contributed by atoms with Gasteiger partial charge in [-0.1, -0.05) is 30.4 Å². The number of rotatable bonds is 8. The van der Waals surface area contributed by atoms with Crippen molar-refractivity contribution in [1.82, 2.24) is 14.6 Å². The highest BCUT2D eigenvalue weighted by Gasteiger charge is 2.18. The van der Waals surface area contributed by atoms with Crippen LogP contribution in [0.4, 0.5) is 0 Å². The zero-order valence-electron chi connectivity index (χ0n) is 18.2. The summed E-state index contributed by atoms with van der Waals surface area (Å²) in [5.41, 5.74) is 1.34. The lowest BCUT2D eigenvalue weighted by molar-refractivity contribution is 0.317. The molecule has 0 bridgehead atoms. The molecule has 0 spiro atoms. The van der Waals surface area contributed by atoms with Gasteiger partial charge in [0.1, 0.15) is 5.75 Å². The molecule has 4 aromatic rings. The van der Waals surface area contributed by atoms with Crippen molar-refractivity contribution < 1.29 is 18.9 Å². The largest absolute Gasteiger partial charge is 0.494 e. The van der Waals surface area contributed by atoms with Crippen molar-refractivity contribution in [3.8, 4) is 34.4 Å². The van der Waals surface area contributed by atoms with E-state index in [-0.39, 0.29) is 5.56 Å². The minimum atomic E-state index is -0.220. The third-order valence-electron chi connectivity index (χ3n) is 4.76. The van der Waals surface area contributed by atoms with E-state index in [0.29, 0.717) is 44.7 Å². The van der Waals surface area contributed by atoms with Crippen molar-refractivity contribution in [3.63, 3.8) is 0 Å². The molecule has 0 amide bonds. The Morgan fingerprint density at radius 2 is 1.72 bits per heavy atom. The van der Waals surface area contributed by atoms with E-state index in [1.807, 2.05) is 30.3 Å². The van der Waals surface area contributed by atoms with Gasteiger partial charge in [0.25, 0.3) is 5.56 Å². The minimum Gasteiger partial charge on any atom is -0.494 e. The van der Waals surface area contributed by atoms with Crippen LogP contribution >= 0.6 is 11.3 Å². The number of benzene rings is 2. The third kappa shape index (κ3) is 4.11. The number of methoxy groups -OCH3 is 3. The zero-order chi connectivity index (χ0) is 22.7. The van der Waals surface area contributed by atoms with Crippen molar-refractivity contribution in [3.05, 3.63) is 56.8 Å². The summed E-state index contributed by atoms with van der Waals surface area (Å²) in [6.07, 6.45) is 2.78. The summed E-state index contributed by atoms with van der Waals surface area (Å²) < 4.78 is 23.6. The summed E-state index contributed by atoms with van der Waals surface area (Å²) in [4.78, 5) is 17.9. The monoisotopic (exact) mass is 453 g/mol. The summed E-state index contributed by atoms with van der Waals surface area (Å²) in [7, 11) is 4.62. The summed E-state index contributed by atoms with van der Waals surface area (Å²) in [6, 6.07) is 11.1. The van der Waals surface area contributed by atoms with Crippen LogP contribution in [0.5, 0.6) is 23.0 Å². The van der Waals surface area contributed by atoms with Gasteiger partial charge in [-0.25, -0.2) is 0 Å². The van der Waals surface area contributed by atoms with Gasteiger partial charge in [0.2, 0.25) is 10.7 Å². The number of thiazole rings is 1. The molecular formula is C23H23N3O5S. The number of aromatic nitrogens is 3. The summed E-state index contributed by atoms with van der Waals surface area (Å²) in [6.45, 7) is 2.74. The quantitative estimate of drug-likeness (QED) is 0.405. The normalized spacial score (nSPS) is 11.7. The van der Waals surface area contributed by atoms with E-state index in [9.17, 15) is 4.79 Å². The molecule has 2 heterocycles. The van der Waals surface area contributed by atoms with Gasteiger partial charge in [-0.2, -0.15) is 9.50 Å². The Bertz CT molecular complexity index is 1320. The van der Waals surface area contributed by atoms with Gasteiger partial charge in [-0.05, 0) is 42.3 Å². The SMILES string of the molecule is CCCOc1ccc(/C=c2\sc3nc(-c4cc(OC)c(OC)c(OC)c4)nn3c2=O)cc1. The van der Waals surface area contributed by atoms with Crippen LogP contribution < -0.4 is 29.0 Å². The Balaban J connectivity index is 1.69. The fraction of sp³-hybridized carbons (Fsp3) is 0.261. The number of nitrogens with zero attached hydrogens (tertiary/aromatic N) is 3. The fourth-order valence-corrected chi connectivity index (χ4v) is 4.11. The highest BCUT2D eigenvalue weighted by molar-refractivity contribution is 7.15. The Morgan fingerprint density at radius 1 is 1.03 bits per heavy atom. The highest BCUT2D eigenvalue weighted by Crippen LogP contribution is 2.40. The van der Waals surface area contributed by atoms with Gasteiger partial charge < -0.3 is 18.9 Å². The van der Waals surface area contributed by atoms with Crippen molar-refractivity contribution in [2.24, 2.45) is 0 Å². The second-order valence-corrected chi connectivity index (χ2v) is 7.89. The third-order valence-corrected chi connectivity index (χ3v) is 5.71. The smallest absolute Gasteiger partial charge is 0.291 e. The van der Waals surface area contributed by atoms with Crippen LogP contribution in [0.2, 0.25) is 0 Å². The van der Waals surface area contributed by atoms with E-state index in [1.165, 1.54) is 15.9 Å². The number of fused-ring (bicyclic) bond motifs is 1. The van der Waals surface area contributed by atoms with E-state index in [0.717, 1.165) is 17.7 Å². The molecule has 32 heavy (non-hydrogen) atoms. The maximum absolute atomic E-state index is 12.9. The lowest BCUT2D eigenvalue weighted by atomic mass is 10.1. The van der Waals surface area contributed by atoms with Crippen LogP contribution in [0.3, 0.4) is 0 Å². The maximum Gasteiger partial charge on any atom is 0.291 e. The molecular weight excluding hydrogens is 430 g/mol. The van der Waals surface area contributed by atoms with Crippen LogP contribution in [-0.4, -0.2) is 42.5 Å².